The molecule has 1 rings (SSSR count). The Bertz CT molecular complexity index is 944. The van der Waals surface area contributed by atoms with Gasteiger partial charge in [0.1, 0.15) is 0 Å². The molecule has 1 N–H and O–H groups in total. The highest BCUT2D eigenvalue weighted by Crippen LogP contribution is 2.53. The average Bonchev–Trinajstić information content (AvgIpc) is 2.90. The molecule has 250 valence electrons. The highest BCUT2D eigenvalue weighted by Gasteiger charge is 2.34. The van der Waals surface area contributed by atoms with E-state index in [-0.39, 0.29) is 23.4 Å². The number of phosphoric acid groups is 1. The zero-order chi connectivity index (χ0) is 32.2. The second-order valence-electron chi connectivity index (χ2n) is 11.6. The topological polar surface area (TPSA) is 111 Å². The van der Waals surface area contributed by atoms with Crippen LogP contribution in [0.4, 0.5) is 0 Å². The number of amides is 1. The van der Waals surface area contributed by atoms with Crippen molar-refractivity contribution in [2.75, 3.05) is 66.5 Å². The zero-order valence-corrected chi connectivity index (χ0v) is 29.8. The van der Waals surface area contributed by atoms with Gasteiger partial charge in [-0.15, -0.1) is 0 Å². The molecule has 0 aliphatic rings. The van der Waals surface area contributed by atoms with Crippen molar-refractivity contribution in [2.24, 2.45) is 0 Å². The van der Waals surface area contributed by atoms with Crippen LogP contribution in [-0.4, -0.2) is 88.9 Å². The van der Waals surface area contributed by atoms with Crippen molar-refractivity contribution in [1.82, 2.24) is 5.32 Å². The Morgan fingerprint density at radius 3 is 2.12 bits per heavy atom. The predicted octanol–water partition coefficient (Wildman–Crippen LogP) is 6.71. The molecule has 0 spiro atoms. The van der Waals surface area contributed by atoms with Gasteiger partial charge in [0.05, 0.1) is 64.6 Å². The van der Waals surface area contributed by atoms with Crippen LogP contribution in [0.3, 0.4) is 0 Å². The maximum atomic E-state index is 13.2. The minimum absolute atomic E-state index is 0.00908. The van der Waals surface area contributed by atoms with E-state index in [2.05, 4.69) is 25.2 Å². The molecule has 10 nitrogen and oxygen atoms in total. The number of phosphoric ester groups is 1. The molecule has 1 unspecified atom stereocenters. The number of benzene rings is 1. The summed E-state index contributed by atoms with van der Waals surface area (Å²) in [6.07, 6.45) is 1.42. The molecule has 0 fully saturated rings. The van der Waals surface area contributed by atoms with Gasteiger partial charge in [-0.2, -0.15) is 0 Å². The smallest absolute Gasteiger partial charge is 0.382 e. The molecule has 1 aromatic rings. The highest BCUT2D eigenvalue weighted by atomic mass is 33.1. The lowest BCUT2D eigenvalue weighted by molar-refractivity contribution is -0.121. The third kappa shape index (κ3) is 21.7. The van der Waals surface area contributed by atoms with Crippen LogP contribution in [0.15, 0.2) is 29.2 Å². The number of nitrogens with one attached hydrogen (secondary N) is 1. The van der Waals surface area contributed by atoms with E-state index in [9.17, 15) is 9.36 Å². The van der Waals surface area contributed by atoms with E-state index < -0.39 is 13.4 Å². The molecule has 0 aromatic heterocycles. The van der Waals surface area contributed by atoms with Crippen molar-refractivity contribution >= 4 is 35.3 Å². The molecule has 0 bridgehead atoms. The summed E-state index contributed by atoms with van der Waals surface area (Å²) < 4.78 is 51.1. The summed E-state index contributed by atoms with van der Waals surface area (Å²) in [5.41, 5.74) is 0.419. The highest BCUT2D eigenvalue weighted by molar-refractivity contribution is 8.77. The van der Waals surface area contributed by atoms with Crippen LogP contribution >= 0.6 is 29.4 Å². The van der Waals surface area contributed by atoms with Crippen molar-refractivity contribution in [2.45, 2.75) is 89.1 Å². The second-order valence-corrected chi connectivity index (χ2v) is 16.0. The Morgan fingerprint density at radius 1 is 0.907 bits per heavy atom. The molecular weight excluding hydrogens is 613 g/mol. The lowest BCUT2D eigenvalue weighted by atomic mass is 10.1. The normalized spacial score (nSPS) is 13.8. The van der Waals surface area contributed by atoms with Crippen molar-refractivity contribution in [3.8, 4) is 0 Å². The Labute approximate surface area is 267 Å². The molecule has 1 aromatic carbocycles. The third-order valence-corrected chi connectivity index (χ3v) is 10.8. The molecule has 0 aliphatic carbocycles. The average molecular weight is 668 g/mol. The first-order valence-electron chi connectivity index (χ1n) is 14.8. The first-order valence-corrected chi connectivity index (χ1v) is 18.4. The molecule has 43 heavy (non-hydrogen) atoms. The first-order chi connectivity index (χ1) is 20.3. The maximum absolute atomic E-state index is 13.2. The molecule has 13 heteroatoms. The van der Waals surface area contributed by atoms with Gasteiger partial charge in [0.15, 0.2) is 0 Å². The van der Waals surface area contributed by atoms with E-state index in [1.807, 2.05) is 39.0 Å². The van der Waals surface area contributed by atoms with Crippen LogP contribution in [0.25, 0.3) is 0 Å². The lowest BCUT2D eigenvalue weighted by Gasteiger charge is -2.27. The number of carbonyl (C=O) groups excluding carboxylic acids is 1. The van der Waals surface area contributed by atoms with Gasteiger partial charge in [0.25, 0.3) is 0 Å². The summed E-state index contributed by atoms with van der Waals surface area (Å²) in [4.78, 5) is 13.5. The fourth-order valence-corrected chi connectivity index (χ4v) is 7.63. The van der Waals surface area contributed by atoms with Crippen molar-refractivity contribution in [3.63, 3.8) is 0 Å². The van der Waals surface area contributed by atoms with Gasteiger partial charge in [0, 0.05) is 29.7 Å². The van der Waals surface area contributed by atoms with Gasteiger partial charge >= 0.3 is 7.82 Å². The lowest BCUT2D eigenvalue weighted by Crippen LogP contribution is -2.29. The molecule has 0 heterocycles. The van der Waals surface area contributed by atoms with Gasteiger partial charge in [0.2, 0.25) is 5.91 Å². The second kappa shape index (κ2) is 22.0. The minimum Gasteiger partial charge on any atom is -0.382 e. The van der Waals surface area contributed by atoms with Gasteiger partial charge in [-0.3, -0.25) is 18.4 Å². The molecule has 0 saturated heterocycles. The van der Waals surface area contributed by atoms with Gasteiger partial charge in [-0.05, 0) is 72.9 Å². The van der Waals surface area contributed by atoms with E-state index >= 15 is 0 Å². The maximum Gasteiger partial charge on any atom is 0.475 e. The van der Waals surface area contributed by atoms with Crippen molar-refractivity contribution in [3.05, 3.63) is 29.8 Å². The Hall–Kier alpha value is -0.660. The van der Waals surface area contributed by atoms with E-state index in [0.717, 1.165) is 16.9 Å². The largest absolute Gasteiger partial charge is 0.475 e. The van der Waals surface area contributed by atoms with E-state index in [1.165, 1.54) is 0 Å². The van der Waals surface area contributed by atoms with E-state index in [1.54, 1.807) is 42.5 Å². The monoisotopic (exact) mass is 667 g/mol. The summed E-state index contributed by atoms with van der Waals surface area (Å²) in [6.45, 7) is 17.6. The predicted molar refractivity (Wildman–Crippen MR) is 175 cm³/mol. The quantitative estimate of drug-likeness (QED) is 0.0683. The van der Waals surface area contributed by atoms with Crippen LogP contribution in [0.1, 0.15) is 66.9 Å². The SMILES string of the molecule is COCCOCCOCCOCCNC(=O)CCC(C)(C)SSc1ccccc1CCOP(=O)(OC(C)C)OC(C)(C)C. The summed E-state index contributed by atoms with van der Waals surface area (Å²) in [5, 5.41) is 2.92. The Balaban J connectivity index is 2.35. The molecule has 1 amide bonds. The minimum atomic E-state index is -3.70. The summed E-state index contributed by atoms with van der Waals surface area (Å²) in [7, 11) is 1.34. The van der Waals surface area contributed by atoms with Gasteiger partial charge in [-0.25, -0.2) is 4.57 Å². The van der Waals surface area contributed by atoms with E-state index in [0.29, 0.717) is 65.6 Å². The molecule has 0 aliphatic heterocycles. The van der Waals surface area contributed by atoms with Crippen molar-refractivity contribution < 1.29 is 41.9 Å². The van der Waals surface area contributed by atoms with Crippen LogP contribution in [-0.2, 0) is 48.3 Å². The Kier molecular flexibility index (Phi) is 20.6. The molecule has 0 saturated carbocycles. The number of rotatable bonds is 25. The molecule has 0 radical (unpaired) electrons. The summed E-state index contributed by atoms with van der Waals surface area (Å²) in [5.74, 6) is 0.00908. The van der Waals surface area contributed by atoms with Crippen LogP contribution < -0.4 is 5.32 Å². The third-order valence-electron chi connectivity index (χ3n) is 5.37. The number of hydrogen-bond acceptors (Lipinski definition) is 11. The number of carbonyl (C=O) groups is 1. The zero-order valence-electron chi connectivity index (χ0n) is 27.3. The number of hydrogen-bond donors (Lipinski definition) is 1. The standard InChI is InChI=1S/C30H54NO9PS2/c1-25(2)39-41(33,40-29(3,4)5)38-17-14-26-11-9-10-12-27(26)42-43-30(6,7)15-13-28(32)31-16-18-35-21-22-37-24-23-36-20-19-34-8/h9-12,25H,13-24H2,1-8H3,(H,31,32). The molecule has 1 atom stereocenters. The summed E-state index contributed by atoms with van der Waals surface area (Å²) in [6, 6.07) is 8.08. The summed E-state index contributed by atoms with van der Waals surface area (Å²) >= 11 is 0. The van der Waals surface area contributed by atoms with Crippen LogP contribution in [0, 0.1) is 0 Å². The van der Waals surface area contributed by atoms with E-state index in [4.69, 9.17) is 32.5 Å². The van der Waals surface area contributed by atoms with Crippen LogP contribution in [0.2, 0.25) is 0 Å². The fourth-order valence-electron chi connectivity index (χ4n) is 3.38. The van der Waals surface area contributed by atoms with Crippen LogP contribution in [0.5, 0.6) is 0 Å². The van der Waals surface area contributed by atoms with Gasteiger partial charge in [-0.1, -0.05) is 39.8 Å². The number of methoxy groups -OCH3 is 1. The Morgan fingerprint density at radius 2 is 1.51 bits per heavy atom. The van der Waals surface area contributed by atoms with Crippen molar-refractivity contribution in [1.29, 1.82) is 0 Å². The fraction of sp³-hybridized carbons (Fsp3) is 0.767. The molecular formula is C30H54NO9PS2. The first kappa shape index (κ1) is 40.4. The van der Waals surface area contributed by atoms with Gasteiger partial charge < -0.3 is 24.3 Å². The number of ether oxygens (including phenoxy) is 4.